The molecule has 1 aromatic heterocycles. The van der Waals surface area contributed by atoms with Crippen LogP contribution in [0.1, 0.15) is 19.0 Å². The Morgan fingerprint density at radius 3 is 2.74 bits per heavy atom. The number of allylic oxidation sites excluding steroid dienone is 4. The van der Waals surface area contributed by atoms with Crippen LogP contribution < -0.4 is 16.2 Å². The third-order valence-corrected chi connectivity index (χ3v) is 3.85. The zero-order valence-corrected chi connectivity index (χ0v) is 16.0. The Balaban J connectivity index is 3.02. The third-order valence-electron chi connectivity index (χ3n) is 3.85. The summed E-state index contributed by atoms with van der Waals surface area (Å²) in [5.41, 5.74) is 2.19. The van der Waals surface area contributed by atoms with Crippen LogP contribution in [0.5, 0.6) is 0 Å². The zero-order valence-electron chi connectivity index (χ0n) is 16.0. The highest BCUT2D eigenvalue weighted by Crippen LogP contribution is 2.06. The number of carboxylic acid groups (broad SMARTS) is 1. The maximum Gasteiger partial charge on any atom is 0.323 e. The van der Waals surface area contributed by atoms with E-state index in [-0.39, 0.29) is 5.82 Å². The molecule has 0 bridgehead atoms. The number of hydrogen-bond donors (Lipinski definition) is 3. The van der Waals surface area contributed by atoms with Crippen molar-refractivity contribution in [1.82, 2.24) is 14.9 Å². The van der Waals surface area contributed by atoms with E-state index in [4.69, 9.17) is 5.11 Å². The van der Waals surface area contributed by atoms with Gasteiger partial charge in [0.05, 0.1) is 0 Å². The van der Waals surface area contributed by atoms with Crippen LogP contribution in [-0.2, 0) is 17.8 Å². The quantitative estimate of drug-likeness (QED) is 0.384. The van der Waals surface area contributed by atoms with Crippen molar-refractivity contribution < 1.29 is 9.90 Å². The van der Waals surface area contributed by atoms with Gasteiger partial charge in [-0.1, -0.05) is 43.0 Å². The minimum Gasteiger partial charge on any atom is -0.480 e. The number of aliphatic carboxylic acids is 1. The van der Waals surface area contributed by atoms with Crippen molar-refractivity contribution in [2.45, 2.75) is 26.3 Å². The first kappa shape index (κ1) is 22.1. The number of nitrogens with zero attached hydrogens (tertiary/aromatic N) is 2. The Morgan fingerprint density at radius 2 is 2.15 bits per heavy atom. The average Bonchev–Trinajstić information content (AvgIpc) is 2.62. The van der Waals surface area contributed by atoms with Gasteiger partial charge in [-0.15, -0.1) is 0 Å². The van der Waals surface area contributed by atoms with Crippen molar-refractivity contribution >= 4 is 11.8 Å². The molecule has 146 valence electrons. The predicted molar refractivity (Wildman–Crippen MR) is 109 cm³/mol. The molecule has 0 atom stereocenters. The largest absolute Gasteiger partial charge is 0.480 e. The van der Waals surface area contributed by atoms with E-state index < -0.39 is 18.1 Å². The number of nitrogens with one attached hydrogen (secondary N) is 2. The Hall–Kier alpha value is -2.93. The molecule has 1 aromatic rings. The third kappa shape index (κ3) is 7.45. The fourth-order valence-corrected chi connectivity index (χ4v) is 2.47. The second-order valence-corrected chi connectivity index (χ2v) is 6.03. The van der Waals surface area contributed by atoms with Gasteiger partial charge in [0.1, 0.15) is 6.54 Å². The summed E-state index contributed by atoms with van der Waals surface area (Å²) in [4.78, 5) is 28.0. The van der Waals surface area contributed by atoms with E-state index in [2.05, 4.69) is 28.8 Å². The van der Waals surface area contributed by atoms with Crippen LogP contribution in [0.25, 0.3) is 0 Å². The van der Waals surface area contributed by atoms with Crippen molar-refractivity contribution in [1.29, 1.82) is 0 Å². The minimum absolute atomic E-state index is 0.137. The van der Waals surface area contributed by atoms with Crippen LogP contribution in [0, 0.1) is 0 Å². The standard InChI is InChI=1S/C20H28N4O3/c1-5-7-16(6-2)10-11-22-19-20(27)24(14-18(25)26)17(13-23-19)9-8-15(3)12-21-4/h5-8,13,21H,1-2,9-12,14H2,3-4H3,(H,22,23)(H,25,26)/b15-8+,16-7+. The zero-order chi connectivity index (χ0) is 20.2. The first-order chi connectivity index (χ1) is 12.9. The molecule has 3 N–H and O–H groups in total. The summed E-state index contributed by atoms with van der Waals surface area (Å²) in [5.74, 6) is -0.938. The lowest BCUT2D eigenvalue weighted by atomic mass is 10.1. The summed E-state index contributed by atoms with van der Waals surface area (Å²) < 4.78 is 1.24. The molecule has 27 heavy (non-hydrogen) atoms. The summed E-state index contributed by atoms with van der Waals surface area (Å²) in [5, 5.41) is 15.2. The number of carbonyl (C=O) groups is 1. The first-order valence-corrected chi connectivity index (χ1v) is 8.71. The van der Waals surface area contributed by atoms with Gasteiger partial charge in [-0.05, 0) is 26.0 Å². The van der Waals surface area contributed by atoms with Gasteiger partial charge in [-0.3, -0.25) is 14.2 Å². The molecule has 1 heterocycles. The number of aromatic nitrogens is 2. The van der Waals surface area contributed by atoms with Crippen molar-refractivity contribution in [3.05, 3.63) is 70.9 Å². The van der Waals surface area contributed by atoms with Gasteiger partial charge in [0.15, 0.2) is 5.82 Å². The lowest BCUT2D eigenvalue weighted by molar-refractivity contribution is -0.137. The lowest BCUT2D eigenvalue weighted by Gasteiger charge is -2.12. The van der Waals surface area contributed by atoms with E-state index in [0.29, 0.717) is 25.1 Å². The minimum atomic E-state index is -1.07. The van der Waals surface area contributed by atoms with Crippen LogP contribution in [0.2, 0.25) is 0 Å². The molecule has 0 unspecified atom stereocenters. The Morgan fingerprint density at radius 1 is 1.41 bits per heavy atom. The van der Waals surface area contributed by atoms with Gasteiger partial charge in [0.2, 0.25) is 0 Å². The average molecular weight is 372 g/mol. The topological polar surface area (TPSA) is 96.2 Å². The molecule has 0 fully saturated rings. The molecule has 0 aliphatic rings. The van der Waals surface area contributed by atoms with E-state index in [1.165, 1.54) is 4.57 Å². The van der Waals surface area contributed by atoms with Crippen LogP contribution >= 0.6 is 0 Å². The molecule has 0 spiro atoms. The van der Waals surface area contributed by atoms with Crippen LogP contribution in [0.15, 0.2) is 59.6 Å². The highest BCUT2D eigenvalue weighted by Gasteiger charge is 2.12. The maximum absolute atomic E-state index is 12.7. The summed E-state index contributed by atoms with van der Waals surface area (Å²) in [6.07, 6.45) is 9.82. The van der Waals surface area contributed by atoms with Gasteiger partial charge in [-0.25, -0.2) is 4.98 Å². The monoisotopic (exact) mass is 372 g/mol. The van der Waals surface area contributed by atoms with Crippen LogP contribution in [0.3, 0.4) is 0 Å². The van der Waals surface area contributed by atoms with E-state index >= 15 is 0 Å². The summed E-state index contributed by atoms with van der Waals surface area (Å²) >= 11 is 0. The first-order valence-electron chi connectivity index (χ1n) is 8.71. The fourth-order valence-electron chi connectivity index (χ4n) is 2.47. The predicted octanol–water partition coefficient (Wildman–Crippen LogP) is 2.14. The fraction of sp³-hybridized carbons (Fsp3) is 0.350. The lowest BCUT2D eigenvalue weighted by Crippen LogP contribution is -2.30. The Kier molecular flexibility index (Phi) is 9.53. The highest BCUT2D eigenvalue weighted by molar-refractivity contribution is 5.66. The summed E-state index contributed by atoms with van der Waals surface area (Å²) in [6.45, 7) is 10.1. The number of rotatable bonds is 12. The summed E-state index contributed by atoms with van der Waals surface area (Å²) in [7, 11) is 1.85. The number of carboxylic acids is 1. The van der Waals surface area contributed by atoms with Gasteiger partial charge < -0.3 is 15.7 Å². The Labute approximate surface area is 159 Å². The van der Waals surface area contributed by atoms with Crippen LogP contribution in [0.4, 0.5) is 5.82 Å². The second kappa shape index (κ2) is 11.6. The number of anilines is 1. The molecule has 0 amide bonds. The van der Waals surface area contributed by atoms with Gasteiger partial charge in [0, 0.05) is 31.4 Å². The van der Waals surface area contributed by atoms with E-state index in [9.17, 15) is 9.59 Å². The molecule has 7 heteroatoms. The Bertz CT molecular complexity index is 791. The molecular formula is C20H28N4O3. The van der Waals surface area contributed by atoms with Gasteiger partial charge >= 0.3 is 5.97 Å². The van der Waals surface area contributed by atoms with Gasteiger partial charge in [0.25, 0.3) is 5.56 Å². The van der Waals surface area contributed by atoms with Crippen molar-refractivity contribution in [3.8, 4) is 0 Å². The second-order valence-electron chi connectivity index (χ2n) is 6.03. The molecule has 1 rings (SSSR count). The van der Waals surface area contributed by atoms with Crippen molar-refractivity contribution in [2.24, 2.45) is 0 Å². The van der Waals surface area contributed by atoms with Crippen molar-refractivity contribution in [3.63, 3.8) is 0 Å². The smallest absolute Gasteiger partial charge is 0.323 e. The molecule has 0 aromatic carbocycles. The number of likely N-dealkylation sites (N-methyl/N-ethyl adjacent to an activating group) is 1. The molecule has 0 aliphatic carbocycles. The van der Waals surface area contributed by atoms with Crippen molar-refractivity contribution in [2.75, 3.05) is 25.5 Å². The summed E-state index contributed by atoms with van der Waals surface area (Å²) in [6, 6.07) is 0. The molecule has 0 saturated carbocycles. The van der Waals surface area contributed by atoms with Crippen LogP contribution in [-0.4, -0.2) is 40.8 Å². The maximum atomic E-state index is 12.7. The SMILES string of the molecule is C=C/C=C(\C=C)CCNc1ncc(C/C=C(\C)CNC)n(CC(=O)O)c1=O. The van der Waals surface area contributed by atoms with Gasteiger partial charge in [-0.2, -0.15) is 0 Å². The molecule has 0 radical (unpaired) electrons. The van der Waals surface area contributed by atoms with E-state index in [0.717, 1.165) is 17.7 Å². The normalized spacial score (nSPS) is 11.9. The molecule has 0 aliphatic heterocycles. The molecule has 7 nitrogen and oxygen atoms in total. The van der Waals surface area contributed by atoms with E-state index in [1.807, 2.05) is 26.1 Å². The molecule has 0 saturated heterocycles. The number of hydrogen-bond acceptors (Lipinski definition) is 5. The highest BCUT2D eigenvalue weighted by atomic mass is 16.4. The van der Waals surface area contributed by atoms with E-state index in [1.54, 1.807) is 18.3 Å². The molecular weight excluding hydrogens is 344 g/mol.